The summed E-state index contributed by atoms with van der Waals surface area (Å²) in [6, 6.07) is 2.45. The molecule has 0 aliphatic carbocycles. The van der Waals surface area contributed by atoms with Crippen molar-refractivity contribution in [1.29, 1.82) is 0 Å². The minimum absolute atomic E-state index is 0.200. The highest BCUT2D eigenvalue weighted by atomic mass is 35.5. The monoisotopic (exact) mass is 468 g/mol. The van der Waals surface area contributed by atoms with Crippen LogP contribution in [0.25, 0.3) is 16.8 Å². The summed E-state index contributed by atoms with van der Waals surface area (Å²) in [5, 5.41) is -0.258. The molecule has 0 atom stereocenters. The maximum atomic E-state index is 13.8. The van der Waals surface area contributed by atoms with Gasteiger partial charge in [0.25, 0.3) is 5.91 Å². The summed E-state index contributed by atoms with van der Waals surface area (Å²) < 4.78 is 47.3. The number of pyridine rings is 1. The quantitative estimate of drug-likeness (QED) is 0.560. The van der Waals surface area contributed by atoms with Crippen molar-refractivity contribution in [2.24, 2.45) is 0 Å². The molecule has 1 aliphatic heterocycles. The van der Waals surface area contributed by atoms with Crippen LogP contribution in [0.4, 0.5) is 13.2 Å². The lowest BCUT2D eigenvalue weighted by Crippen LogP contribution is -2.58. The molecule has 4 heterocycles. The fourth-order valence-electron chi connectivity index (χ4n) is 3.75. The Morgan fingerprint density at radius 3 is 2.47 bits per heavy atom. The fraction of sp³-hybridized carbons (Fsp3) is 0.381. The Morgan fingerprint density at radius 1 is 1.19 bits per heavy atom. The summed E-state index contributed by atoms with van der Waals surface area (Å²) >= 11 is 6.33. The van der Waals surface area contributed by atoms with E-state index in [0.717, 1.165) is 10.5 Å². The van der Waals surface area contributed by atoms with E-state index in [1.54, 1.807) is 4.90 Å². The standard InChI is InChI=1S/C21H20ClF3N4O3/c1-20(2,3)29-6-5-27(10-15(29)30)19(31)16-17(22)28-9-13(12-4-7-32-11-12)8-14(18(28)26-16)21(23,24)25/h4,7-9,11H,5-6,10H2,1-3H3. The van der Waals surface area contributed by atoms with E-state index in [1.165, 1.54) is 29.7 Å². The van der Waals surface area contributed by atoms with E-state index in [0.29, 0.717) is 12.1 Å². The molecule has 2 amide bonds. The van der Waals surface area contributed by atoms with Crippen molar-refractivity contribution >= 4 is 29.1 Å². The lowest BCUT2D eigenvalue weighted by molar-refractivity contribution is -0.140. The maximum absolute atomic E-state index is 13.8. The third-order valence-electron chi connectivity index (χ3n) is 5.34. The summed E-state index contributed by atoms with van der Waals surface area (Å²) in [4.78, 5) is 32.4. The van der Waals surface area contributed by atoms with E-state index in [4.69, 9.17) is 16.0 Å². The van der Waals surface area contributed by atoms with Gasteiger partial charge in [-0.15, -0.1) is 0 Å². The summed E-state index contributed by atoms with van der Waals surface area (Å²) in [5.41, 5.74) is -1.65. The van der Waals surface area contributed by atoms with Gasteiger partial charge in [0.05, 0.1) is 18.1 Å². The SMILES string of the molecule is CC(C)(C)N1CCN(C(=O)c2nc3c(C(F)(F)F)cc(-c4ccoc4)cn3c2Cl)CC1=O. The first-order valence-corrected chi connectivity index (χ1v) is 10.2. The molecule has 1 saturated heterocycles. The predicted octanol–water partition coefficient (Wildman–Crippen LogP) is 4.35. The lowest BCUT2D eigenvalue weighted by Gasteiger charge is -2.41. The number of hydrogen-bond donors (Lipinski definition) is 0. The van der Waals surface area contributed by atoms with Gasteiger partial charge in [-0.25, -0.2) is 4.98 Å². The van der Waals surface area contributed by atoms with Crippen molar-refractivity contribution in [2.45, 2.75) is 32.5 Å². The number of alkyl halides is 3. The van der Waals surface area contributed by atoms with Gasteiger partial charge < -0.3 is 14.2 Å². The molecule has 0 spiro atoms. The summed E-state index contributed by atoms with van der Waals surface area (Å²) in [6.45, 7) is 5.98. The Balaban J connectivity index is 1.75. The average molecular weight is 469 g/mol. The number of furan rings is 1. The Kier molecular flexibility index (Phi) is 5.23. The molecule has 1 fully saturated rings. The van der Waals surface area contributed by atoms with E-state index in [-0.39, 0.29) is 35.4 Å². The van der Waals surface area contributed by atoms with Crippen molar-refractivity contribution in [3.8, 4) is 11.1 Å². The highest BCUT2D eigenvalue weighted by molar-refractivity contribution is 6.33. The zero-order valence-electron chi connectivity index (χ0n) is 17.5. The lowest BCUT2D eigenvalue weighted by atomic mass is 10.0. The minimum Gasteiger partial charge on any atom is -0.472 e. The second-order valence-corrected chi connectivity index (χ2v) is 8.90. The van der Waals surface area contributed by atoms with Crippen LogP contribution in [0.15, 0.2) is 35.3 Å². The Hall–Kier alpha value is -3.01. The number of fused-ring (bicyclic) bond motifs is 1. The number of carbonyl (C=O) groups is 2. The van der Waals surface area contributed by atoms with Crippen LogP contribution in [0, 0.1) is 0 Å². The Labute approximate surface area is 186 Å². The number of piperazine rings is 1. The van der Waals surface area contributed by atoms with Crippen molar-refractivity contribution in [1.82, 2.24) is 19.2 Å². The van der Waals surface area contributed by atoms with Gasteiger partial charge in [0.1, 0.15) is 11.7 Å². The summed E-state index contributed by atoms with van der Waals surface area (Å²) in [7, 11) is 0. The maximum Gasteiger partial charge on any atom is 0.420 e. The second-order valence-electron chi connectivity index (χ2n) is 8.54. The molecule has 0 N–H and O–H groups in total. The van der Waals surface area contributed by atoms with Crippen LogP contribution < -0.4 is 0 Å². The number of aromatic nitrogens is 2. The van der Waals surface area contributed by atoms with E-state index in [2.05, 4.69) is 4.98 Å². The van der Waals surface area contributed by atoms with Gasteiger partial charge in [-0.1, -0.05) is 11.6 Å². The van der Waals surface area contributed by atoms with E-state index in [9.17, 15) is 22.8 Å². The summed E-state index contributed by atoms with van der Waals surface area (Å²) in [6.07, 6.45) is -0.724. The molecule has 32 heavy (non-hydrogen) atoms. The molecular formula is C21H20ClF3N4O3. The first-order chi connectivity index (χ1) is 14.9. The number of carbonyl (C=O) groups excluding carboxylic acids is 2. The molecule has 11 heteroatoms. The third-order valence-corrected chi connectivity index (χ3v) is 5.70. The minimum atomic E-state index is -4.73. The molecule has 170 valence electrons. The smallest absolute Gasteiger partial charge is 0.420 e. The molecule has 7 nitrogen and oxygen atoms in total. The van der Waals surface area contributed by atoms with Crippen molar-refractivity contribution < 1.29 is 27.2 Å². The Morgan fingerprint density at radius 2 is 1.91 bits per heavy atom. The molecule has 3 aromatic heterocycles. The van der Waals surface area contributed by atoms with Crippen molar-refractivity contribution in [2.75, 3.05) is 19.6 Å². The second kappa shape index (κ2) is 7.54. The first kappa shape index (κ1) is 22.2. The number of amides is 2. The van der Waals surface area contributed by atoms with Crippen LogP contribution in [0.3, 0.4) is 0 Å². The van der Waals surface area contributed by atoms with E-state index < -0.39 is 28.8 Å². The summed E-state index contributed by atoms with van der Waals surface area (Å²) in [5.74, 6) is -0.950. The topological polar surface area (TPSA) is 71.1 Å². The predicted molar refractivity (Wildman–Crippen MR) is 110 cm³/mol. The number of halogens is 4. The molecular weight excluding hydrogens is 449 g/mol. The Bertz CT molecular complexity index is 1200. The fourth-order valence-corrected chi connectivity index (χ4v) is 4.01. The van der Waals surface area contributed by atoms with Crippen molar-refractivity contribution in [3.05, 3.63) is 47.3 Å². The van der Waals surface area contributed by atoms with Crippen LogP contribution in [0.1, 0.15) is 36.8 Å². The highest BCUT2D eigenvalue weighted by Crippen LogP contribution is 2.37. The van der Waals surface area contributed by atoms with Crippen LogP contribution in [0.5, 0.6) is 0 Å². The van der Waals surface area contributed by atoms with Gasteiger partial charge in [0, 0.05) is 36.0 Å². The third kappa shape index (κ3) is 3.83. The van der Waals surface area contributed by atoms with E-state index >= 15 is 0 Å². The largest absolute Gasteiger partial charge is 0.472 e. The number of hydrogen-bond acceptors (Lipinski definition) is 4. The van der Waals surface area contributed by atoms with Gasteiger partial charge in [-0.3, -0.25) is 14.0 Å². The van der Waals surface area contributed by atoms with Crippen LogP contribution in [0.2, 0.25) is 5.15 Å². The molecule has 1 aliphatic rings. The van der Waals surface area contributed by atoms with Gasteiger partial charge in [-0.05, 0) is 32.9 Å². The normalized spacial score (nSPS) is 15.7. The van der Waals surface area contributed by atoms with Gasteiger partial charge in [0.2, 0.25) is 5.91 Å². The number of rotatable bonds is 2. The molecule has 0 radical (unpaired) electrons. The van der Waals surface area contributed by atoms with Gasteiger partial charge in [0.15, 0.2) is 11.3 Å². The van der Waals surface area contributed by atoms with Gasteiger partial charge >= 0.3 is 6.18 Å². The first-order valence-electron chi connectivity index (χ1n) is 9.79. The van der Waals surface area contributed by atoms with Crippen molar-refractivity contribution in [3.63, 3.8) is 0 Å². The van der Waals surface area contributed by atoms with Crippen LogP contribution in [-0.2, 0) is 11.0 Å². The number of nitrogens with zero attached hydrogens (tertiary/aromatic N) is 4. The van der Waals surface area contributed by atoms with Crippen LogP contribution >= 0.6 is 11.6 Å². The molecule has 0 aromatic carbocycles. The highest BCUT2D eigenvalue weighted by Gasteiger charge is 2.38. The zero-order chi connectivity index (χ0) is 23.4. The average Bonchev–Trinajstić information content (AvgIpc) is 3.33. The van der Waals surface area contributed by atoms with Gasteiger partial charge in [-0.2, -0.15) is 13.2 Å². The molecule has 0 unspecified atom stereocenters. The molecule has 4 rings (SSSR count). The molecule has 3 aromatic rings. The number of imidazole rings is 1. The molecule has 0 bridgehead atoms. The van der Waals surface area contributed by atoms with E-state index in [1.807, 2.05) is 20.8 Å². The zero-order valence-corrected chi connectivity index (χ0v) is 18.3. The van der Waals surface area contributed by atoms with Crippen LogP contribution in [-0.4, -0.2) is 56.2 Å². The molecule has 0 saturated carbocycles.